The Morgan fingerprint density at radius 1 is 1.36 bits per heavy atom. The van der Waals surface area contributed by atoms with Crippen molar-refractivity contribution < 1.29 is 4.39 Å². The lowest BCUT2D eigenvalue weighted by Crippen LogP contribution is -1.92. The Morgan fingerprint density at radius 3 is 2.79 bits per heavy atom. The number of halogens is 3. The van der Waals surface area contributed by atoms with Crippen molar-refractivity contribution in [1.29, 1.82) is 0 Å². The zero-order valence-corrected chi connectivity index (χ0v) is 8.40. The maximum Gasteiger partial charge on any atom is 0.161 e. The highest BCUT2D eigenvalue weighted by molar-refractivity contribution is 6.39. The van der Waals surface area contributed by atoms with E-state index in [-0.39, 0.29) is 10.0 Å². The summed E-state index contributed by atoms with van der Waals surface area (Å²) in [7, 11) is 0. The van der Waals surface area contributed by atoms with Crippen molar-refractivity contribution >= 4 is 39.8 Å². The first-order valence-electron chi connectivity index (χ1n) is 3.79. The summed E-state index contributed by atoms with van der Waals surface area (Å²) in [5, 5.41) is 0.259. The molecule has 2 rings (SSSR count). The number of nitrogens with two attached hydrogens (primary N) is 1. The van der Waals surface area contributed by atoms with Crippen LogP contribution in [0.2, 0.25) is 10.0 Å². The van der Waals surface area contributed by atoms with E-state index < -0.39 is 5.82 Å². The molecule has 1 aromatic carbocycles. The quantitative estimate of drug-likeness (QED) is 0.706. The third-order valence-corrected chi connectivity index (χ3v) is 2.53. The van der Waals surface area contributed by atoms with Crippen LogP contribution in [0.5, 0.6) is 0 Å². The fraction of sp³-hybridized carbons (Fsp3) is 0. The van der Waals surface area contributed by atoms with Crippen LogP contribution in [0.15, 0.2) is 18.3 Å². The number of pyridine rings is 1. The largest absolute Gasteiger partial charge is 0.398 e. The predicted molar refractivity (Wildman–Crippen MR) is 56.1 cm³/mol. The van der Waals surface area contributed by atoms with Gasteiger partial charge in [0, 0.05) is 17.3 Å². The third kappa shape index (κ3) is 1.29. The van der Waals surface area contributed by atoms with Crippen molar-refractivity contribution in [3.05, 3.63) is 34.2 Å². The summed E-state index contributed by atoms with van der Waals surface area (Å²) in [6.07, 6.45) is 1.52. The molecule has 0 fully saturated rings. The molecule has 1 heterocycles. The van der Waals surface area contributed by atoms with Crippen LogP contribution in [0.1, 0.15) is 0 Å². The molecule has 2 nitrogen and oxygen atoms in total. The Morgan fingerprint density at radius 2 is 2.07 bits per heavy atom. The van der Waals surface area contributed by atoms with E-state index in [9.17, 15) is 4.39 Å². The highest BCUT2D eigenvalue weighted by Gasteiger charge is 2.12. The zero-order chi connectivity index (χ0) is 10.3. The second-order valence-electron chi connectivity index (χ2n) is 2.78. The number of hydrogen-bond donors (Lipinski definition) is 1. The molecule has 0 aliphatic carbocycles. The fourth-order valence-electron chi connectivity index (χ4n) is 1.24. The molecular weight excluding hydrogens is 226 g/mol. The zero-order valence-electron chi connectivity index (χ0n) is 6.89. The number of nitrogens with zero attached hydrogens (tertiary/aromatic N) is 1. The number of hydrogen-bond acceptors (Lipinski definition) is 2. The highest BCUT2D eigenvalue weighted by atomic mass is 35.5. The number of aromatic nitrogens is 1. The molecule has 0 aliphatic heterocycles. The van der Waals surface area contributed by atoms with Gasteiger partial charge in [0.25, 0.3) is 0 Å². The molecule has 0 bridgehead atoms. The monoisotopic (exact) mass is 230 g/mol. The summed E-state index contributed by atoms with van der Waals surface area (Å²) in [6.45, 7) is 0. The van der Waals surface area contributed by atoms with Crippen LogP contribution < -0.4 is 5.73 Å². The van der Waals surface area contributed by atoms with Gasteiger partial charge in [0.05, 0.1) is 15.6 Å². The van der Waals surface area contributed by atoms with Crippen LogP contribution in [0.25, 0.3) is 10.9 Å². The fourth-order valence-corrected chi connectivity index (χ4v) is 1.79. The Balaban J connectivity index is 2.99. The maximum absolute atomic E-state index is 13.3. The van der Waals surface area contributed by atoms with Gasteiger partial charge in [-0.15, -0.1) is 0 Å². The van der Waals surface area contributed by atoms with Gasteiger partial charge in [-0.3, -0.25) is 4.98 Å². The maximum atomic E-state index is 13.3. The molecule has 72 valence electrons. The molecule has 14 heavy (non-hydrogen) atoms. The first-order chi connectivity index (χ1) is 6.61. The molecule has 0 saturated carbocycles. The summed E-state index contributed by atoms with van der Waals surface area (Å²) >= 11 is 11.4. The van der Waals surface area contributed by atoms with Crippen LogP contribution in [0.3, 0.4) is 0 Å². The van der Waals surface area contributed by atoms with Crippen LogP contribution >= 0.6 is 23.2 Å². The van der Waals surface area contributed by atoms with Crippen LogP contribution in [-0.4, -0.2) is 4.98 Å². The summed E-state index contributed by atoms with van der Waals surface area (Å²) < 4.78 is 13.3. The molecule has 0 aliphatic rings. The number of rotatable bonds is 0. The molecule has 2 N–H and O–H groups in total. The minimum Gasteiger partial charge on any atom is -0.398 e. The van der Waals surface area contributed by atoms with Crippen molar-refractivity contribution in [2.45, 2.75) is 0 Å². The standard InChI is InChI=1S/C9H5Cl2FN2/c10-4-3-6-7(8(11)9(4)12)5(13)1-2-14-6/h1-3H,(H2,13,14). The van der Waals surface area contributed by atoms with E-state index in [0.29, 0.717) is 16.6 Å². The molecule has 0 spiro atoms. The molecule has 2 aromatic rings. The molecular formula is C9H5Cl2FN2. The minimum atomic E-state index is -0.666. The van der Waals surface area contributed by atoms with Gasteiger partial charge in [0.15, 0.2) is 5.82 Å². The number of benzene rings is 1. The average molecular weight is 231 g/mol. The predicted octanol–water partition coefficient (Wildman–Crippen LogP) is 3.26. The van der Waals surface area contributed by atoms with E-state index in [1.54, 1.807) is 6.07 Å². The molecule has 0 atom stereocenters. The second kappa shape index (κ2) is 3.26. The number of anilines is 1. The Kier molecular flexibility index (Phi) is 2.21. The van der Waals surface area contributed by atoms with E-state index in [4.69, 9.17) is 28.9 Å². The van der Waals surface area contributed by atoms with E-state index in [1.807, 2.05) is 0 Å². The van der Waals surface area contributed by atoms with Crippen molar-refractivity contribution in [2.24, 2.45) is 0 Å². The Labute approximate surface area is 89.4 Å². The van der Waals surface area contributed by atoms with Crippen LogP contribution in [-0.2, 0) is 0 Å². The molecule has 0 unspecified atom stereocenters. The minimum absolute atomic E-state index is 0.0550. The van der Waals surface area contributed by atoms with Gasteiger partial charge in [0.2, 0.25) is 0 Å². The third-order valence-electron chi connectivity index (χ3n) is 1.90. The molecule has 1 aromatic heterocycles. The summed E-state index contributed by atoms with van der Waals surface area (Å²) in [4.78, 5) is 3.99. The van der Waals surface area contributed by atoms with Gasteiger partial charge >= 0.3 is 0 Å². The molecule has 0 amide bonds. The molecule has 0 radical (unpaired) electrons. The first-order valence-corrected chi connectivity index (χ1v) is 4.54. The van der Waals surface area contributed by atoms with Gasteiger partial charge in [0.1, 0.15) is 0 Å². The molecule has 5 heteroatoms. The lowest BCUT2D eigenvalue weighted by atomic mass is 10.2. The van der Waals surface area contributed by atoms with Crippen LogP contribution in [0, 0.1) is 5.82 Å². The lowest BCUT2D eigenvalue weighted by molar-refractivity contribution is 0.630. The Hall–Kier alpha value is -1.06. The van der Waals surface area contributed by atoms with E-state index >= 15 is 0 Å². The smallest absolute Gasteiger partial charge is 0.161 e. The number of fused-ring (bicyclic) bond motifs is 1. The van der Waals surface area contributed by atoms with Gasteiger partial charge in [-0.2, -0.15) is 0 Å². The lowest BCUT2D eigenvalue weighted by Gasteiger charge is -2.05. The highest BCUT2D eigenvalue weighted by Crippen LogP contribution is 2.33. The van der Waals surface area contributed by atoms with Gasteiger partial charge < -0.3 is 5.73 Å². The van der Waals surface area contributed by atoms with Crippen molar-refractivity contribution in [2.75, 3.05) is 5.73 Å². The van der Waals surface area contributed by atoms with Crippen molar-refractivity contribution in [3.63, 3.8) is 0 Å². The second-order valence-corrected chi connectivity index (χ2v) is 3.57. The van der Waals surface area contributed by atoms with E-state index in [2.05, 4.69) is 4.98 Å². The summed E-state index contributed by atoms with van der Waals surface area (Å²) in [6, 6.07) is 2.95. The first kappa shape index (κ1) is 9.49. The van der Waals surface area contributed by atoms with Gasteiger partial charge in [-0.25, -0.2) is 4.39 Å². The SMILES string of the molecule is Nc1ccnc2cc(Cl)c(F)c(Cl)c12. The van der Waals surface area contributed by atoms with Gasteiger partial charge in [-0.1, -0.05) is 23.2 Å². The van der Waals surface area contributed by atoms with Gasteiger partial charge in [-0.05, 0) is 12.1 Å². The average Bonchev–Trinajstić information content (AvgIpc) is 2.14. The Bertz CT molecular complexity index is 514. The topological polar surface area (TPSA) is 38.9 Å². The molecule has 0 saturated heterocycles. The van der Waals surface area contributed by atoms with Crippen LogP contribution in [0.4, 0.5) is 10.1 Å². The van der Waals surface area contributed by atoms with E-state index in [1.165, 1.54) is 12.3 Å². The van der Waals surface area contributed by atoms with Crippen molar-refractivity contribution in [3.8, 4) is 0 Å². The van der Waals surface area contributed by atoms with E-state index in [0.717, 1.165) is 0 Å². The summed E-state index contributed by atoms with van der Waals surface area (Å²) in [5.41, 5.74) is 6.51. The summed E-state index contributed by atoms with van der Waals surface area (Å²) in [5.74, 6) is -0.666. The normalized spacial score (nSPS) is 10.8. The van der Waals surface area contributed by atoms with Crippen molar-refractivity contribution in [1.82, 2.24) is 4.98 Å². The number of nitrogen functional groups attached to an aromatic ring is 1.